The molecule has 8 heteroatoms. The SMILES string of the molecule is O=c1oc2ncccc2c2c3c4occc4c(F)cc3n(Cc3cc4ccccc4nc3Cl)c12. The smallest absolute Gasteiger partial charge is 0.362 e. The lowest BCUT2D eigenvalue weighted by atomic mass is 10.1. The first-order valence-corrected chi connectivity index (χ1v) is 10.9. The highest BCUT2D eigenvalue weighted by Gasteiger charge is 2.24. The first-order valence-electron chi connectivity index (χ1n) is 10.5. The highest BCUT2D eigenvalue weighted by atomic mass is 35.5. The quantitative estimate of drug-likeness (QED) is 0.273. The Kier molecular flexibility index (Phi) is 3.90. The third-order valence-electron chi connectivity index (χ3n) is 6.22. The lowest BCUT2D eigenvalue weighted by Gasteiger charge is -2.10. The van der Waals surface area contributed by atoms with Crippen molar-refractivity contribution < 1.29 is 13.2 Å². The Balaban J connectivity index is 1.65. The summed E-state index contributed by atoms with van der Waals surface area (Å²) < 4.78 is 28.0. The minimum atomic E-state index is -0.581. The third kappa shape index (κ3) is 2.58. The Labute approximate surface area is 194 Å². The van der Waals surface area contributed by atoms with Gasteiger partial charge in [-0.25, -0.2) is 19.2 Å². The molecule has 0 aliphatic rings. The van der Waals surface area contributed by atoms with Gasteiger partial charge >= 0.3 is 5.63 Å². The van der Waals surface area contributed by atoms with Gasteiger partial charge in [0.15, 0.2) is 0 Å². The van der Waals surface area contributed by atoms with E-state index in [4.69, 9.17) is 20.4 Å². The van der Waals surface area contributed by atoms with Crippen molar-refractivity contribution in [3.63, 3.8) is 0 Å². The molecular formula is C26H13ClFN3O3. The van der Waals surface area contributed by atoms with Gasteiger partial charge < -0.3 is 13.4 Å². The fourth-order valence-electron chi connectivity index (χ4n) is 4.76. The Hall–Kier alpha value is -4.23. The molecule has 0 radical (unpaired) electrons. The van der Waals surface area contributed by atoms with Crippen LogP contribution in [0.4, 0.5) is 4.39 Å². The maximum absolute atomic E-state index is 15.1. The van der Waals surface area contributed by atoms with Gasteiger partial charge in [-0.2, -0.15) is 0 Å². The zero-order valence-electron chi connectivity index (χ0n) is 17.4. The van der Waals surface area contributed by atoms with Crippen LogP contribution in [0.3, 0.4) is 0 Å². The molecule has 0 atom stereocenters. The number of para-hydroxylation sites is 1. The summed E-state index contributed by atoms with van der Waals surface area (Å²) in [5.74, 6) is -0.449. The summed E-state index contributed by atoms with van der Waals surface area (Å²) >= 11 is 6.54. The topological polar surface area (TPSA) is 74.1 Å². The molecular weight excluding hydrogens is 457 g/mol. The van der Waals surface area contributed by atoms with E-state index in [0.29, 0.717) is 43.4 Å². The van der Waals surface area contributed by atoms with Gasteiger partial charge in [-0.3, -0.25) is 0 Å². The molecule has 0 saturated heterocycles. The number of benzene rings is 2. The van der Waals surface area contributed by atoms with Crippen LogP contribution in [0.15, 0.2) is 80.7 Å². The molecule has 5 aromatic heterocycles. The van der Waals surface area contributed by atoms with Crippen LogP contribution in [-0.2, 0) is 6.54 Å². The second-order valence-corrected chi connectivity index (χ2v) is 8.46. The van der Waals surface area contributed by atoms with E-state index in [0.717, 1.165) is 10.9 Å². The average molecular weight is 470 g/mol. The summed E-state index contributed by atoms with van der Waals surface area (Å²) in [5, 5.41) is 3.39. The number of hydrogen-bond donors (Lipinski definition) is 0. The van der Waals surface area contributed by atoms with Crippen molar-refractivity contribution in [2.24, 2.45) is 0 Å². The van der Waals surface area contributed by atoms with Crippen LogP contribution < -0.4 is 5.63 Å². The standard InChI is InChI=1S/C26H13ClFN3O3/c27-24-14(10-13-4-1-2-6-18(13)30-24)12-31-19-11-17(28)15-7-9-33-23(15)21(19)20-16-5-3-8-29-25(16)34-26(32)22(20)31/h1-11H,12H2. The highest BCUT2D eigenvalue weighted by molar-refractivity contribution is 6.30. The van der Waals surface area contributed by atoms with Crippen molar-refractivity contribution in [2.75, 3.05) is 0 Å². The van der Waals surface area contributed by atoms with Gasteiger partial charge in [0.1, 0.15) is 22.1 Å². The lowest BCUT2D eigenvalue weighted by Crippen LogP contribution is -2.09. The van der Waals surface area contributed by atoms with Gasteiger partial charge in [-0.05, 0) is 36.4 Å². The molecule has 5 heterocycles. The number of hydrogen-bond acceptors (Lipinski definition) is 5. The molecule has 34 heavy (non-hydrogen) atoms. The van der Waals surface area contributed by atoms with Gasteiger partial charge in [-0.1, -0.05) is 29.8 Å². The molecule has 0 saturated carbocycles. The summed E-state index contributed by atoms with van der Waals surface area (Å²) in [7, 11) is 0. The first kappa shape index (κ1) is 19.3. The molecule has 7 aromatic rings. The number of aromatic nitrogens is 3. The van der Waals surface area contributed by atoms with E-state index in [1.807, 2.05) is 36.4 Å². The number of halogens is 2. The second-order valence-electron chi connectivity index (χ2n) is 8.10. The molecule has 164 valence electrons. The van der Waals surface area contributed by atoms with E-state index in [9.17, 15) is 4.79 Å². The molecule has 0 aliphatic heterocycles. The predicted molar refractivity (Wildman–Crippen MR) is 129 cm³/mol. The van der Waals surface area contributed by atoms with Crippen molar-refractivity contribution in [1.29, 1.82) is 0 Å². The van der Waals surface area contributed by atoms with Gasteiger partial charge in [-0.15, -0.1) is 0 Å². The van der Waals surface area contributed by atoms with Crippen LogP contribution in [0.5, 0.6) is 0 Å². The van der Waals surface area contributed by atoms with Crippen molar-refractivity contribution >= 4 is 66.4 Å². The molecule has 0 unspecified atom stereocenters. The van der Waals surface area contributed by atoms with Crippen LogP contribution in [0.2, 0.25) is 5.15 Å². The van der Waals surface area contributed by atoms with E-state index >= 15 is 4.39 Å². The maximum atomic E-state index is 15.1. The third-order valence-corrected chi connectivity index (χ3v) is 6.55. The summed E-state index contributed by atoms with van der Waals surface area (Å²) in [6.07, 6.45) is 2.99. The molecule has 6 nitrogen and oxygen atoms in total. The van der Waals surface area contributed by atoms with Crippen LogP contribution in [0.25, 0.3) is 54.8 Å². The first-order chi connectivity index (χ1) is 16.6. The zero-order chi connectivity index (χ0) is 23.0. The van der Waals surface area contributed by atoms with Crippen LogP contribution in [0, 0.1) is 5.82 Å². The van der Waals surface area contributed by atoms with Crippen molar-refractivity contribution in [2.45, 2.75) is 6.54 Å². The Bertz CT molecular complexity index is 2000. The minimum Gasteiger partial charge on any atom is -0.463 e. The Morgan fingerprint density at radius 1 is 1.03 bits per heavy atom. The molecule has 0 bridgehead atoms. The number of pyridine rings is 2. The number of furan rings is 1. The number of fused-ring (bicyclic) bond motifs is 8. The number of rotatable bonds is 2. The molecule has 0 aliphatic carbocycles. The zero-order valence-corrected chi connectivity index (χ0v) is 18.1. The second kappa shape index (κ2) is 6.88. The Morgan fingerprint density at radius 3 is 2.82 bits per heavy atom. The van der Waals surface area contributed by atoms with Gasteiger partial charge in [0.05, 0.1) is 34.6 Å². The van der Waals surface area contributed by atoms with Gasteiger partial charge in [0.25, 0.3) is 0 Å². The molecule has 2 aromatic carbocycles. The molecule has 0 fully saturated rings. The minimum absolute atomic E-state index is 0.179. The summed E-state index contributed by atoms with van der Waals surface area (Å²) in [4.78, 5) is 21.9. The largest absolute Gasteiger partial charge is 0.463 e. The van der Waals surface area contributed by atoms with Crippen molar-refractivity contribution in [1.82, 2.24) is 14.5 Å². The Morgan fingerprint density at radius 2 is 1.91 bits per heavy atom. The average Bonchev–Trinajstić information content (AvgIpc) is 3.44. The van der Waals surface area contributed by atoms with Gasteiger partial charge in [0.2, 0.25) is 5.71 Å². The van der Waals surface area contributed by atoms with Gasteiger partial charge in [0, 0.05) is 27.9 Å². The predicted octanol–water partition coefficient (Wildman–Crippen LogP) is 6.43. The fourth-order valence-corrected chi connectivity index (χ4v) is 4.97. The molecule has 0 N–H and O–H groups in total. The molecule has 7 rings (SSSR count). The van der Waals surface area contributed by atoms with Crippen molar-refractivity contribution in [3.8, 4) is 0 Å². The van der Waals surface area contributed by atoms with E-state index in [1.165, 1.54) is 12.3 Å². The summed E-state index contributed by atoms with van der Waals surface area (Å²) in [5.41, 5.74) is 2.20. The lowest BCUT2D eigenvalue weighted by molar-refractivity contribution is 0.553. The molecule has 0 amide bonds. The summed E-state index contributed by atoms with van der Waals surface area (Å²) in [6.45, 7) is 0.179. The van der Waals surface area contributed by atoms with E-state index in [2.05, 4.69) is 9.97 Å². The normalized spacial score (nSPS) is 12.1. The number of nitrogens with zero attached hydrogens (tertiary/aromatic N) is 3. The highest BCUT2D eigenvalue weighted by Crippen LogP contribution is 2.39. The van der Waals surface area contributed by atoms with E-state index in [-0.39, 0.29) is 17.8 Å². The summed E-state index contributed by atoms with van der Waals surface area (Å²) in [6, 6.07) is 16.1. The van der Waals surface area contributed by atoms with E-state index in [1.54, 1.807) is 22.9 Å². The maximum Gasteiger partial charge on any atom is 0.362 e. The van der Waals surface area contributed by atoms with Crippen LogP contribution in [0.1, 0.15) is 5.56 Å². The van der Waals surface area contributed by atoms with E-state index < -0.39 is 11.4 Å². The van der Waals surface area contributed by atoms with Crippen LogP contribution >= 0.6 is 11.6 Å². The van der Waals surface area contributed by atoms with Crippen LogP contribution in [-0.4, -0.2) is 14.5 Å². The molecule has 0 spiro atoms. The van der Waals surface area contributed by atoms with Crippen molar-refractivity contribution in [3.05, 3.63) is 94.0 Å². The monoisotopic (exact) mass is 469 g/mol. The fraction of sp³-hybridized carbons (Fsp3) is 0.0385.